The molecule has 3 aromatic rings. The second kappa shape index (κ2) is 8.11. The fraction of sp³-hybridized carbons (Fsp3) is 0.200. The maximum Gasteiger partial charge on any atom is 0.220 e. The van der Waals surface area contributed by atoms with Crippen LogP contribution in [0.15, 0.2) is 66.9 Å². The maximum absolute atomic E-state index is 11.8. The molecule has 0 atom stereocenters. The Kier molecular flexibility index (Phi) is 5.40. The van der Waals surface area contributed by atoms with E-state index >= 15 is 0 Å². The summed E-state index contributed by atoms with van der Waals surface area (Å²) in [5.41, 5.74) is 2.12. The number of aryl methyl sites for hydroxylation is 1. The van der Waals surface area contributed by atoms with Crippen LogP contribution in [0.2, 0.25) is 0 Å². The summed E-state index contributed by atoms with van der Waals surface area (Å²) in [6.45, 7) is 0.946. The van der Waals surface area contributed by atoms with Crippen molar-refractivity contribution in [2.24, 2.45) is 0 Å². The van der Waals surface area contributed by atoms with Gasteiger partial charge in [-0.05, 0) is 36.2 Å². The van der Waals surface area contributed by atoms with Crippen LogP contribution in [0.3, 0.4) is 0 Å². The van der Waals surface area contributed by atoms with E-state index in [0.29, 0.717) is 19.6 Å². The Labute approximate surface area is 141 Å². The molecule has 0 saturated carbocycles. The molecular formula is C20H20N2O2. The van der Waals surface area contributed by atoms with Crippen molar-refractivity contribution >= 4 is 16.8 Å². The molecular weight excluding hydrogens is 300 g/mol. The smallest absolute Gasteiger partial charge is 0.220 e. The highest BCUT2D eigenvalue weighted by Crippen LogP contribution is 2.18. The van der Waals surface area contributed by atoms with Crippen LogP contribution >= 0.6 is 0 Å². The Hall–Kier alpha value is -2.88. The van der Waals surface area contributed by atoms with Gasteiger partial charge in [0.05, 0.1) is 12.1 Å². The van der Waals surface area contributed by atoms with Crippen molar-refractivity contribution in [2.45, 2.75) is 12.8 Å². The van der Waals surface area contributed by atoms with Gasteiger partial charge in [0.2, 0.25) is 5.91 Å². The lowest BCUT2D eigenvalue weighted by Gasteiger charge is -2.08. The number of nitrogens with one attached hydrogen (secondary N) is 1. The summed E-state index contributed by atoms with van der Waals surface area (Å²) in [4.78, 5) is 16.1. The van der Waals surface area contributed by atoms with E-state index in [1.165, 1.54) is 5.56 Å². The molecule has 1 heterocycles. The summed E-state index contributed by atoms with van der Waals surface area (Å²) in [6, 6.07) is 19.7. The van der Waals surface area contributed by atoms with E-state index in [4.69, 9.17) is 4.74 Å². The predicted octanol–water partition coefficient (Wildman–Crippen LogP) is 3.36. The highest BCUT2D eigenvalue weighted by Gasteiger charge is 2.02. The molecule has 4 heteroatoms. The lowest BCUT2D eigenvalue weighted by Crippen LogP contribution is -2.28. The van der Waals surface area contributed by atoms with Crippen LogP contribution in [0.4, 0.5) is 0 Å². The average molecular weight is 320 g/mol. The predicted molar refractivity (Wildman–Crippen MR) is 95.0 cm³/mol. The van der Waals surface area contributed by atoms with Gasteiger partial charge in [0.1, 0.15) is 12.4 Å². The lowest BCUT2D eigenvalue weighted by molar-refractivity contribution is -0.121. The Bertz CT molecular complexity index is 803. The van der Waals surface area contributed by atoms with Crippen LogP contribution in [0.25, 0.3) is 10.9 Å². The summed E-state index contributed by atoms with van der Waals surface area (Å²) in [5.74, 6) is 0.833. The molecule has 122 valence electrons. The number of nitrogens with zero attached hydrogens (tertiary/aromatic N) is 1. The highest BCUT2D eigenvalue weighted by atomic mass is 16.5. The first-order valence-corrected chi connectivity index (χ1v) is 8.09. The molecule has 2 aromatic carbocycles. The van der Waals surface area contributed by atoms with Crippen molar-refractivity contribution < 1.29 is 9.53 Å². The molecule has 0 aliphatic heterocycles. The minimum Gasteiger partial charge on any atom is -0.492 e. The van der Waals surface area contributed by atoms with E-state index in [9.17, 15) is 4.79 Å². The molecule has 3 rings (SSSR count). The van der Waals surface area contributed by atoms with Crippen molar-refractivity contribution in [2.75, 3.05) is 13.2 Å². The Balaban J connectivity index is 1.39. The molecule has 24 heavy (non-hydrogen) atoms. The lowest BCUT2D eigenvalue weighted by atomic mass is 10.1. The van der Waals surface area contributed by atoms with Gasteiger partial charge in [-0.2, -0.15) is 0 Å². The molecule has 0 saturated heterocycles. The van der Waals surface area contributed by atoms with Gasteiger partial charge in [-0.15, -0.1) is 0 Å². The van der Waals surface area contributed by atoms with Crippen LogP contribution in [-0.4, -0.2) is 24.0 Å². The molecule has 0 fully saturated rings. The number of pyridine rings is 1. The zero-order valence-corrected chi connectivity index (χ0v) is 13.4. The van der Waals surface area contributed by atoms with E-state index in [-0.39, 0.29) is 5.91 Å². The third-order valence-corrected chi connectivity index (χ3v) is 3.75. The molecule has 1 N–H and O–H groups in total. The van der Waals surface area contributed by atoms with Gasteiger partial charge in [0.15, 0.2) is 0 Å². The van der Waals surface area contributed by atoms with Crippen LogP contribution in [0.5, 0.6) is 5.75 Å². The molecule has 1 aromatic heterocycles. The highest BCUT2D eigenvalue weighted by molar-refractivity contribution is 5.79. The van der Waals surface area contributed by atoms with Crippen LogP contribution < -0.4 is 10.1 Å². The second-order valence-electron chi connectivity index (χ2n) is 5.54. The van der Waals surface area contributed by atoms with Crippen molar-refractivity contribution in [1.29, 1.82) is 0 Å². The molecule has 4 nitrogen and oxygen atoms in total. The van der Waals surface area contributed by atoms with Gasteiger partial charge in [-0.3, -0.25) is 9.78 Å². The van der Waals surface area contributed by atoms with Crippen LogP contribution in [0.1, 0.15) is 12.0 Å². The van der Waals surface area contributed by atoms with Crippen LogP contribution in [-0.2, 0) is 11.2 Å². The van der Waals surface area contributed by atoms with Crippen molar-refractivity contribution in [3.63, 3.8) is 0 Å². The number of carbonyl (C=O) groups is 1. The van der Waals surface area contributed by atoms with Gasteiger partial charge >= 0.3 is 0 Å². The molecule has 0 spiro atoms. The summed E-state index contributed by atoms with van der Waals surface area (Å²) in [6.07, 6.45) is 3.02. The van der Waals surface area contributed by atoms with Crippen molar-refractivity contribution in [1.82, 2.24) is 10.3 Å². The number of hydrogen-bond acceptors (Lipinski definition) is 3. The Morgan fingerprint density at radius 2 is 1.92 bits per heavy atom. The topological polar surface area (TPSA) is 51.2 Å². The van der Waals surface area contributed by atoms with E-state index in [1.54, 1.807) is 6.20 Å². The minimum atomic E-state index is 0.0464. The third kappa shape index (κ3) is 4.56. The number of rotatable bonds is 7. The number of carbonyl (C=O) groups excluding carboxylic acids is 1. The monoisotopic (exact) mass is 320 g/mol. The van der Waals surface area contributed by atoms with Gasteiger partial charge in [-0.1, -0.05) is 36.4 Å². The normalized spacial score (nSPS) is 10.5. The summed E-state index contributed by atoms with van der Waals surface area (Å²) in [7, 11) is 0. The van der Waals surface area contributed by atoms with Crippen LogP contribution in [0, 0.1) is 0 Å². The van der Waals surface area contributed by atoms with Gasteiger partial charge in [0.25, 0.3) is 0 Å². The first-order valence-electron chi connectivity index (χ1n) is 8.09. The quantitative estimate of drug-likeness (QED) is 0.679. The Morgan fingerprint density at radius 3 is 2.79 bits per heavy atom. The average Bonchev–Trinajstić information content (AvgIpc) is 2.64. The third-order valence-electron chi connectivity index (χ3n) is 3.75. The van der Waals surface area contributed by atoms with Gasteiger partial charge < -0.3 is 10.1 Å². The number of aromatic nitrogens is 1. The summed E-state index contributed by atoms with van der Waals surface area (Å²) < 4.78 is 5.68. The second-order valence-corrected chi connectivity index (χ2v) is 5.54. The minimum absolute atomic E-state index is 0.0464. The van der Waals surface area contributed by atoms with Gasteiger partial charge in [0, 0.05) is 18.0 Å². The van der Waals surface area contributed by atoms with E-state index < -0.39 is 0 Å². The zero-order valence-electron chi connectivity index (χ0n) is 13.4. The standard InChI is InChI=1S/C20H20N2O2/c23-20(11-8-16-5-2-1-3-6-16)22-13-14-24-18-9-10-19-17(15-18)7-4-12-21-19/h1-7,9-10,12,15H,8,11,13-14H2,(H,22,23). The first kappa shape index (κ1) is 16.0. The fourth-order valence-corrected chi connectivity index (χ4v) is 2.49. The van der Waals surface area contributed by atoms with Gasteiger partial charge in [-0.25, -0.2) is 0 Å². The fourth-order valence-electron chi connectivity index (χ4n) is 2.49. The van der Waals surface area contributed by atoms with E-state index in [1.807, 2.05) is 60.7 Å². The zero-order chi connectivity index (χ0) is 16.6. The number of hydrogen-bond donors (Lipinski definition) is 1. The molecule has 0 unspecified atom stereocenters. The summed E-state index contributed by atoms with van der Waals surface area (Å²) in [5, 5.41) is 3.93. The van der Waals surface area contributed by atoms with Crippen molar-refractivity contribution in [3.05, 3.63) is 72.4 Å². The summed E-state index contributed by atoms with van der Waals surface area (Å²) >= 11 is 0. The largest absolute Gasteiger partial charge is 0.492 e. The molecule has 0 radical (unpaired) electrons. The maximum atomic E-state index is 11.8. The van der Waals surface area contributed by atoms with Crippen molar-refractivity contribution in [3.8, 4) is 5.75 Å². The molecule has 0 aliphatic rings. The van der Waals surface area contributed by atoms with E-state index in [0.717, 1.165) is 23.1 Å². The number of amides is 1. The first-order chi connectivity index (χ1) is 11.8. The molecule has 0 aliphatic carbocycles. The SMILES string of the molecule is O=C(CCc1ccccc1)NCCOc1ccc2ncccc2c1. The number of ether oxygens (including phenoxy) is 1. The Morgan fingerprint density at radius 1 is 1.04 bits per heavy atom. The molecule has 0 bridgehead atoms. The van der Waals surface area contributed by atoms with E-state index in [2.05, 4.69) is 10.3 Å². The molecule has 1 amide bonds. The number of fused-ring (bicyclic) bond motifs is 1. The number of benzene rings is 2.